The van der Waals surface area contributed by atoms with Crippen molar-refractivity contribution in [3.05, 3.63) is 0 Å². The molecule has 0 aliphatic carbocycles. The van der Waals surface area contributed by atoms with Crippen LogP contribution in [0.1, 0.15) is 19.8 Å². The lowest BCUT2D eigenvalue weighted by Crippen LogP contribution is -2.08. The number of epoxide rings is 1. The summed E-state index contributed by atoms with van der Waals surface area (Å²) < 4.78 is 10.5. The van der Waals surface area contributed by atoms with E-state index in [1.807, 2.05) is 0 Å². The normalized spacial score (nSPS) is 23.1. The zero-order chi connectivity index (χ0) is 9.52. The molecule has 0 N–H and O–H groups in total. The Balaban J connectivity index is 1.76. The second-order valence-corrected chi connectivity index (χ2v) is 7.43. The first-order valence-electron chi connectivity index (χ1n) is 5.52. The Kier molecular flexibility index (Phi) is 5.67. The van der Waals surface area contributed by atoms with Crippen molar-refractivity contribution in [2.75, 3.05) is 19.8 Å². The third-order valence-electron chi connectivity index (χ3n) is 2.47. The van der Waals surface area contributed by atoms with Gasteiger partial charge in [-0.25, -0.2) is 0 Å². The minimum absolute atomic E-state index is 0.365. The van der Waals surface area contributed by atoms with E-state index in [0.29, 0.717) is 6.10 Å². The monoisotopic (exact) mass is 202 g/mol. The van der Waals surface area contributed by atoms with Crippen LogP contribution in [-0.2, 0) is 9.47 Å². The molecule has 0 spiro atoms. The highest BCUT2D eigenvalue weighted by atomic mass is 28.3. The molecule has 1 saturated heterocycles. The van der Waals surface area contributed by atoms with Crippen LogP contribution in [0.4, 0.5) is 0 Å². The zero-order valence-electron chi connectivity index (χ0n) is 8.92. The van der Waals surface area contributed by atoms with Gasteiger partial charge in [0, 0.05) is 15.4 Å². The molecular weight excluding hydrogens is 180 g/mol. The van der Waals surface area contributed by atoms with E-state index in [9.17, 15) is 0 Å². The number of hydrogen-bond donors (Lipinski definition) is 0. The van der Waals surface area contributed by atoms with E-state index in [1.54, 1.807) is 0 Å². The summed E-state index contributed by atoms with van der Waals surface area (Å²) in [5, 5.41) is 0. The molecule has 0 aromatic carbocycles. The summed E-state index contributed by atoms with van der Waals surface area (Å²) in [5.74, 6) is 0. The molecule has 1 aliphatic heterocycles. The highest BCUT2D eigenvalue weighted by molar-refractivity contribution is 6.57. The molecule has 2 nitrogen and oxygen atoms in total. The lowest BCUT2D eigenvalue weighted by molar-refractivity contribution is 0.117. The fourth-order valence-electron chi connectivity index (χ4n) is 1.55. The molecule has 13 heavy (non-hydrogen) atoms. The van der Waals surface area contributed by atoms with Crippen LogP contribution in [0.3, 0.4) is 0 Å². The Labute approximate surface area is 83.2 Å². The van der Waals surface area contributed by atoms with Crippen molar-refractivity contribution in [2.45, 2.75) is 44.5 Å². The molecule has 1 heterocycles. The molecule has 1 aliphatic rings. The number of ether oxygens (including phenoxy) is 2. The van der Waals surface area contributed by atoms with Crippen molar-refractivity contribution in [2.24, 2.45) is 0 Å². The van der Waals surface area contributed by atoms with Gasteiger partial charge in [-0.15, -0.1) is 0 Å². The third kappa shape index (κ3) is 6.24. The Morgan fingerprint density at radius 3 is 2.85 bits per heavy atom. The van der Waals surface area contributed by atoms with E-state index in [0.717, 1.165) is 19.8 Å². The summed E-state index contributed by atoms with van der Waals surface area (Å²) in [6, 6.07) is 2.94. The average Bonchev–Trinajstić information content (AvgIpc) is 2.88. The molecule has 0 aromatic heterocycles. The molecule has 1 rings (SSSR count). The summed E-state index contributed by atoms with van der Waals surface area (Å²) in [6.07, 6.45) is 3.06. The van der Waals surface area contributed by atoms with Gasteiger partial charge in [0.25, 0.3) is 0 Å². The fourth-order valence-corrected chi connectivity index (χ4v) is 3.69. The average molecular weight is 202 g/mol. The van der Waals surface area contributed by atoms with Crippen molar-refractivity contribution in [3.8, 4) is 0 Å². The Morgan fingerprint density at radius 1 is 1.46 bits per heavy atom. The topological polar surface area (TPSA) is 21.8 Å². The summed E-state index contributed by atoms with van der Waals surface area (Å²) in [4.78, 5) is 0. The van der Waals surface area contributed by atoms with E-state index >= 15 is 0 Å². The van der Waals surface area contributed by atoms with Crippen molar-refractivity contribution in [3.63, 3.8) is 0 Å². The maximum atomic E-state index is 5.48. The summed E-state index contributed by atoms with van der Waals surface area (Å²) in [5.41, 5.74) is 0. The Bertz CT molecular complexity index is 126. The first-order valence-corrected chi connectivity index (χ1v) is 8.31. The van der Waals surface area contributed by atoms with Crippen LogP contribution < -0.4 is 0 Å². The number of rotatable bonds is 8. The summed E-state index contributed by atoms with van der Waals surface area (Å²) >= 11 is 0. The van der Waals surface area contributed by atoms with E-state index in [-0.39, 0.29) is 8.80 Å². The Hall–Kier alpha value is 0.137. The second-order valence-electron chi connectivity index (χ2n) is 4.07. The SMILES string of the molecule is CCC[SiH](C)CCCOCC1CO1. The molecule has 1 fully saturated rings. The van der Waals surface area contributed by atoms with Gasteiger partial charge in [-0.2, -0.15) is 0 Å². The van der Waals surface area contributed by atoms with Gasteiger partial charge in [0.2, 0.25) is 0 Å². The minimum atomic E-state index is -0.365. The predicted octanol–water partition coefficient (Wildman–Crippen LogP) is 2.06. The molecule has 0 saturated carbocycles. The first-order chi connectivity index (χ1) is 6.33. The van der Waals surface area contributed by atoms with Crippen LogP contribution >= 0.6 is 0 Å². The largest absolute Gasteiger partial charge is 0.379 e. The lowest BCUT2D eigenvalue weighted by Gasteiger charge is -2.07. The second kappa shape index (κ2) is 6.57. The van der Waals surface area contributed by atoms with Crippen LogP contribution in [-0.4, -0.2) is 34.7 Å². The Morgan fingerprint density at radius 2 is 2.23 bits per heavy atom. The van der Waals surface area contributed by atoms with Gasteiger partial charge in [0.15, 0.2) is 0 Å². The molecule has 0 radical (unpaired) electrons. The van der Waals surface area contributed by atoms with Gasteiger partial charge in [-0.05, 0) is 6.42 Å². The van der Waals surface area contributed by atoms with E-state index in [2.05, 4.69) is 13.5 Å². The van der Waals surface area contributed by atoms with Crippen molar-refractivity contribution in [1.82, 2.24) is 0 Å². The standard InChI is InChI=1S/C10H22O2Si/c1-3-6-13(2)7-4-5-11-8-10-9-12-10/h10,13H,3-9H2,1-2H3. The van der Waals surface area contributed by atoms with Crippen molar-refractivity contribution in [1.29, 1.82) is 0 Å². The predicted molar refractivity (Wildman–Crippen MR) is 58.1 cm³/mol. The van der Waals surface area contributed by atoms with Gasteiger partial charge >= 0.3 is 0 Å². The maximum Gasteiger partial charge on any atom is 0.104 e. The fraction of sp³-hybridized carbons (Fsp3) is 1.00. The van der Waals surface area contributed by atoms with Crippen molar-refractivity contribution < 1.29 is 9.47 Å². The minimum Gasteiger partial charge on any atom is -0.379 e. The molecular formula is C10H22O2Si. The molecule has 2 atom stereocenters. The van der Waals surface area contributed by atoms with Crippen molar-refractivity contribution >= 4 is 8.80 Å². The highest BCUT2D eigenvalue weighted by Crippen LogP contribution is 2.10. The van der Waals surface area contributed by atoms with E-state index in [4.69, 9.17) is 9.47 Å². The van der Waals surface area contributed by atoms with Gasteiger partial charge in [0.05, 0.1) is 13.2 Å². The quantitative estimate of drug-likeness (QED) is 0.341. The molecule has 78 valence electrons. The number of hydrogen-bond acceptors (Lipinski definition) is 2. The first kappa shape index (κ1) is 11.2. The van der Waals surface area contributed by atoms with Crippen LogP contribution in [0.15, 0.2) is 0 Å². The van der Waals surface area contributed by atoms with Gasteiger partial charge in [-0.1, -0.05) is 32.0 Å². The summed E-state index contributed by atoms with van der Waals surface area (Å²) in [7, 11) is -0.365. The summed E-state index contributed by atoms with van der Waals surface area (Å²) in [6.45, 7) is 7.43. The van der Waals surface area contributed by atoms with Gasteiger partial charge in [0.1, 0.15) is 6.10 Å². The van der Waals surface area contributed by atoms with Crippen LogP contribution in [0.25, 0.3) is 0 Å². The van der Waals surface area contributed by atoms with Crippen LogP contribution in [0.5, 0.6) is 0 Å². The van der Waals surface area contributed by atoms with E-state index in [1.165, 1.54) is 24.9 Å². The van der Waals surface area contributed by atoms with Crippen LogP contribution in [0, 0.1) is 0 Å². The lowest BCUT2D eigenvalue weighted by atomic mass is 10.5. The van der Waals surface area contributed by atoms with E-state index < -0.39 is 0 Å². The highest BCUT2D eigenvalue weighted by Gasteiger charge is 2.21. The van der Waals surface area contributed by atoms with Crippen LogP contribution in [0.2, 0.25) is 18.6 Å². The molecule has 2 unspecified atom stereocenters. The third-order valence-corrected chi connectivity index (χ3v) is 5.43. The molecule has 0 bridgehead atoms. The smallest absolute Gasteiger partial charge is 0.104 e. The zero-order valence-corrected chi connectivity index (χ0v) is 10.1. The molecule has 3 heteroatoms. The van der Waals surface area contributed by atoms with Gasteiger partial charge in [-0.3, -0.25) is 0 Å². The molecule has 0 amide bonds. The molecule has 0 aromatic rings. The van der Waals surface area contributed by atoms with Gasteiger partial charge < -0.3 is 9.47 Å². The maximum absolute atomic E-state index is 5.48.